The van der Waals surface area contributed by atoms with Crippen LogP contribution in [-0.2, 0) is 4.74 Å². The van der Waals surface area contributed by atoms with Crippen LogP contribution in [0.4, 0.5) is 0 Å². The molecule has 0 amide bonds. The molecule has 1 heterocycles. The van der Waals surface area contributed by atoms with Crippen molar-refractivity contribution in [2.45, 2.75) is 63.5 Å². The third-order valence-electron chi connectivity index (χ3n) is 4.36. The molecular formula is C13H22N2O. The van der Waals surface area contributed by atoms with E-state index in [9.17, 15) is 0 Å². The average molecular weight is 222 g/mol. The Bertz CT molecular complexity index is 258. The van der Waals surface area contributed by atoms with E-state index in [0.29, 0.717) is 5.54 Å². The lowest BCUT2D eigenvalue weighted by atomic mass is 9.81. The van der Waals surface area contributed by atoms with Crippen molar-refractivity contribution in [3.05, 3.63) is 0 Å². The van der Waals surface area contributed by atoms with Crippen molar-refractivity contribution in [1.82, 2.24) is 4.90 Å². The number of nitrogens with zero attached hydrogens (tertiary/aromatic N) is 2. The zero-order chi connectivity index (χ0) is 11.4. The fraction of sp³-hybridized carbons (Fsp3) is 0.923. The molecule has 1 aliphatic carbocycles. The third-order valence-corrected chi connectivity index (χ3v) is 4.36. The number of rotatable bonds is 2. The molecule has 2 fully saturated rings. The quantitative estimate of drug-likeness (QED) is 0.674. The van der Waals surface area contributed by atoms with Crippen LogP contribution in [0.15, 0.2) is 0 Å². The molecule has 3 heteroatoms. The number of likely N-dealkylation sites (tertiary alicyclic amines) is 1. The van der Waals surface area contributed by atoms with Gasteiger partial charge in [0.1, 0.15) is 6.10 Å². The second kappa shape index (κ2) is 5.05. The third kappa shape index (κ3) is 2.49. The Morgan fingerprint density at radius 2 is 1.81 bits per heavy atom. The first-order valence-corrected chi connectivity index (χ1v) is 6.54. The molecule has 0 aromatic rings. The minimum absolute atomic E-state index is 0.174. The molecule has 0 spiro atoms. The van der Waals surface area contributed by atoms with Crippen LogP contribution in [0, 0.1) is 11.5 Å². The van der Waals surface area contributed by atoms with Crippen LogP contribution in [-0.4, -0.2) is 29.6 Å². The zero-order valence-electron chi connectivity index (χ0n) is 10.2. The SMILES string of the molecule is CC1(N2CCC(OC#N)CC2)CCCCC1. The van der Waals surface area contributed by atoms with Gasteiger partial charge in [-0.3, -0.25) is 4.90 Å². The topological polar surface area (TPSA) is 36.3 Å². The molecule has 0 unspecified atom stereocenters. The van der Waals surface area contributed by atoms with Crippen LogP contribution in [0.25, 0.3) is 0 Å². The molecule has 2 aliphatic rings. The van der Waals surface area contributed by atoms with Gasteiger partial charge in [-0.2, -0.15) is 5.26 Å². The van der Waals surface area contributed by atoms with E-state index in [1.165, 1.54) is 32.1 Å². The van der Waals surface area contributed by atoms with Crippen molar-refractivity contribution in [3.8, 4) is 6.26 Å². The Morgan fingerprint density at radius 3 is 2.38 bits per heavy atom. The minimum Gasteiger partial charge on any atom is -0.424 e. The Kier molecular flexibility index (Phi) is 3.70. The van der Waals surface area contributed by atoms with E-state index in [-0.39, 0.29) is 6.10 Å². The molecule has 0 bridgehead atoms. The molecule has 2 rings (SSSR count). The lowest BCUT2D eigenvalue weighted by Crippen LogP contribution is -2.51. The number of piperidine rings is 1. The predicted molar refractivity (Wildman–Crippen MR) is 62.8 cm³/mol. The van der Waals surface area contributed by atoms with E-state index in [0.717, 1.165) is 25.9 Å². The highest BCUT2D eigenvalue weighted by molar-refractivity contribution is 4.91. The van der Waals surface area contributed by atoms with Crippen LogP contribution < -0.4 is 0 Å². The summed E-state index contributed by atoms with van der Waals surface area (Å²) in [7, 11) is 0. The fourth-order valence-corrected chi connectivity index (χ4v) is 3.22. The molecule has 0 aromatic heterocycles. The summed E-state index contributed by atoms with van der Waals surface area (Å²) in [5, 5.41) is 8.50. The maximum Gasteiger partial charge on any atom is 0.286 e. The van der Waals surface area contributed by atoms with Crippen LogP contribution >= 0.6 is 0 Å². The molecular weight excluding hydrogens is 200 g/mol. The summed E-state index contributed by atoms with van der Waals surface area (Å²) in [5.41, 5.74) is 0.426. The van der Waals surface area contributed by atoms with E-state index in [1.807, 2.05) is 6.26 Å². The first-order valence-electron chi connectivity index (χ1n) is 6.54. The van der Waals surface area contributed by atoms with Crippen LogP contribution in [0.2, 0.25) is 0 Å². The number of ether oxygens (including phenoxy) is 1. The van der Waals surface area contributed by atoms with Crippen molar-refractivity contribution < 1.29 is 4.74 Å². The summed E-state index contributed by atoms with van der Waals surface area (Å²) in [5.74, 6) is 0. The molecule has 0 N–H and O–H groups in total. The van der Waals surface area contributed by atoms with Crippen LogP contribution in [0.3, 0.4) is 0 Å². The molecule has 0 atom stereocenters. The number of nitriles is 1. The summed E-state index contributed by atoms with van der Waals surface area (Å²) in [6.07, 6.45) is 10.9. The van der Waals surface area contributed by atoms with Gasteiger partial charge in [0.15, 0.2) is 0 Å². The lowest BCUT2D eigenvalue weighted by Gasteiger charge is -2.46. The van der Waals surface area contributed by atoms with Gasteiger partial charge in [-0.05, 0) is 32.6 Å². The van der Waals surface area contributed by atoms with Crippen molar-refractivity contribution in [3.63, 3.8) is 0 Å². The van der Waals surface area contributed by atoms with E-state index >= 15 is 0 Å². The first kappa shape index (κ1) is 11.7. The summed E-state index contributed by atoms with van der Waals surface area (Å²) in [6.45, 7) is 4.61. The summed E-state index contributed by atoms with van der Waals surface area (Å²) in [6, 6.07) is 0. The Hall–Kier alpha value is -0.750. The van der Waals surface area contributed by atoms with Gasteiger partial charge in [0.2, 0.25) is 0 Å². The highest BCUT2D eigenvalue weighted by atomic mass is 16.5. The highest BCUT2D eigenvalue weighted by Crippen LogP contribution is 2.35. The van der Waals surface area contributed by atoms with Crippen LogP contribution in [0.5, 0.6) is 0 Å². The van der Waals surface area contributed by atoms with E-state index in [2.05, 4.69) is 11.8 Å². The zero-order valence-corrected chi connectivity index (χ0v) is 10.2. The van der Waals surface area contributed by atoms with Crippen molar-refractivity contribution in [2.24, 2.45) is 0 Å². The Balaban J connectivity index is 1.86. The minimum atomic E-state index is 0.174. The molecule has 0 aromatic carbocycles. The van der Waals surface area contributed by atoms with Crippen molar-refractivity contribution in [1.29, 1.82) is 5.26 Å². The molecule has 0 radical (unpaired) electrons. The van der Waals surface area contributed by atoms with Crippen molar-refractivity contribution in [2.75, 3.05) is 13.1 Å². The molecule has 90 valence electrons. The van der Waals surface area contributed by atoms with E-state index in [4.69, 9.17) is 10.00 Å². The van der Waals surface area contributed by atoms with Gasteiger partial charge >= 0.3 is 0 Å². The largest absolute Gasteiger partial charge is 0.424 e. The Morgan fingerprint density at radius 1 is 1.19 bits per heavy atom. The predicted octanol–water partition coefficient (Wildman–Crippen LogP) is 2.67. The van der Waals surface area contributed by atoms with Gasteiger partial charge in [0.05, 0.1) is 0 Å². The molecule has 16 heavy (non-hydrogen) atoms. The normalized spacial score (nSPS) is 27.2. The smallest absolute Gasteiger partial charge is 0.286 e. The van der Waals surface area contributed by atoms with Gasteiger partial charge in [-0.15, -0.1) is 0 Å². The lowest BCUT2D eigenvalue weighted by molar-refractivity contribution is 0.00384. The summed E-state index contributed by atoms with van der Waals surface area (Å²) in [4.78, 5) is 2.63. The molecule has 1 saturated carbocycles. The monoisotopic (exact) mass is 222 g/mol. The van der Waals surface area contributed by atoms with E-state index in [1.54, 1.807) is 0 Å². The second-order valence-corrected chi connectivity index (χ2v) is 5.45. The maximum absolute atomic E-state index is 8.50. The van der Waals surface area contributed by atoms with Gasteiger partial charge in [0.25, 0.3) is 6.26 Å². The average Bonchev–Trinajstić information content (AvgIpc) is 2.31. The Labute approximate surface area is 98.4 Å². The molecule has 1 aliphatic heterocycles. The maximum atomic E-state index is 8.50. The standard InChI is InChI=1S/C13H22N2O/c1-13(7-3-2-4-8-13)15-9-5-12(6-10-15)16-11-14/h12H,2-10H2,1H3. The second-order valence-electron chi connectivity index (χ2n) is 5.45. The van der Waals surface area contributed by atoms with E-state index < -0.39 is 0 Å². The molecule has 3 nitrogen and oxygen atoms in total. The van der Waals surface area contributed by atoms with Crippen LogP contribution in [0.1, 0.15) is 51.9 Å². The number of hydrogen-bond donors (Lipinski definition) is 0. The van der Waals surface area contributed by atoms with Crippen molar-refractivity contribution >= 4 is 0 Å². The van der Waals surface area contributed by atoms with Gasteiger partial charge < -0.3 is 4.74 Å². The number of hydrogen-bond acceptors (Lipinski definition) is 3. The van der Waals surface area contributed by atoms with Gasteiger partial charge in [-0.25, -0.2) is 0 Å². The van der Waals surface area contributed by atoms with Gasteiger partial charge in [-0.1, -0.05) is 19.3 Å². The molecule has 1 saturated heterocycles. The highest BCUT2D eigenvalue weighted by Gasteiger charge is 2.35. The summed E-state index contributed by atoms with van der Waals surface area (Å²) < 4.78 is 5.03. The summed E-state index contributed by atoms with van der Waals surface area (Å²) >= 11 is 0. The first-order chi connectivity index (χ1) is 7.74. The van der Waals surface area contributed by atoms with Gasteiger partial charge in [0, 0.05) is 18.6 Å². The fourth-order valence-electron chi connectivity index (χ4n) is 3.22.